The normalized spacial score (nSPS) is 13.6. The molecule has 0 aliphatic carbocycles. The van der Waals surface area contributed by atoms with Crippen molar-refractivity contribution >= 4 is 17.9 Å². The van der Waals surface area contributed by atoms with Gasteiger partial charge in [0.05, 0.1) is 0 Å². The summed E-state index contributed by atoms with van der Waals surface area (Å²) >= 11 is 0. The van der Waals surface area contributed by atoms with Crippen LogP contribution in [0.4, 0.5) is 0 Å². The van der Waals surface area contributed by atoms with Crippen LogP contribution in [-0.4, -0.2) is 110 Å². The largest absolute Gasteiger partial charge is 0.462 e. The molecule has 66 heavy (non-hydrogen) atoms. The van der Waals surface area contributed by atoms with Crippen molar-refractivity contribution in [1.29, 1.82) is 0 Å². The van der Waals surface area contributed by atoms with Gasteiger partial charge in [-0.1, -0.05) is 158 Å². The summed E-state index contributed by atoms with van der Waals surface area (Å²) in [6.07, 6.45) is 37.4. The van der Waals surface area contributed by atoms with E-state index in [-0.39, 0.29) is 36.2 Å². The number of likely N-dealkylation sites (N-methyl/N-ethyl adjacent to an activating group) is 2. The van der Waals surface area contributed by atoms with Crippen molar-refractivity contribution in [2.75, 3.05) is 53.4 Å². The second-order valence-electron chi connectivity index (χ2n) is 20.1. The first-order valence-electron chi connectivity index (χ1n) is 28.8. The van der Waals surface area contributed by atoms with Crippen molar-refractivity contribution in [2.45, 2.75) is 298 Å². The summed E-state index contributed by atoms with van der Waals surface area (Å²) in [5, 5.41) is 0. The molecule has 9 nitrogen and oxygen atoms in total. The van der Waals surface area contributed by atoms with E-state index >= 15 is 0 Å². The Morgan fingerprint density at radius 2 is 0.773 bits per heavy atom. The fraction of sp³-hybridized carbons (Fsp3) is 0.947. The molecule has 0 saturated carbocycles. The summed E-state index contributed by atoms with van der Waals surface area (Å²) in [4.78, 5) is 45.6. The molecule has 0 bridgehead atoms. The van der Waals surface area contributed by atoms with Gasteiger partial charge in [-0.15, -0.1) is 0 Å². The van der Waals surface area contributed by atoms with Crippen molar-refractivity contribution < 1.29 is 28.6 Å². The Kier molecular flexibility index (Phi) is 45.8. The number of nitrogens with zero attached hydrogens (tertiary/aromatic N) is 3. The van der Waals surface area contributed by atoms with Crippen molar-refractivity contribution in [2.24, 2.45) is 0 Å². The Morgan fingerprint density at radius 3 is 1.20 bits per heavy atom. The third-order valence-electron chi connectivity index (χ3n) is 13.9. The van der Waals surface area contributed by atoms with Gasteiger partial charge in [0, 0.05) is 44.9 Å². The molecule has 392 valence electrons. The maximum atomic E-state index is 12.7. The Labute approximate surface area is 410 Å². The number of esters is 3. The highest BCUT2D eigenvalue weighted by atomic mass is 16.6. The molecule has 0 aromatic heterocycles. The molecule has 0 heterocycles. The fourth-order valence-electron chi connectivity index (χ4n) is 9.00. The first-order chi connectivity index (χ1) is 32.1. The average Bonchev–Trinajstić information content (AvgIpc) is 3.31. The standard InChI is InChI=1S/C57H113N3O6/c1-10-17-20-31-39-52(14-5)64-56(62)42-34-27-23-25-29-36-46-60(47-37-30-26-24-28-35-43-57(63)65-53(15-6)40-32-21-18-11-2)50-51(59(9)49-48-58(8)16-7)44-45-54(41-33-22-19-12-3)66-55(61)38-13-4/h51-54H,10-50H2,1-9H3. The molecule has 0 aliphatic rings. The lowest BCUT2D eigenvalue weighted by molar-refractivity contribution is -0.151. The van der Waals surface area contributed by atoms with Gasteiger partial charge in [-0.25, -0.2) is 0 Å². The third kappa shape index (κ3) is 39.2. The molecule has 0 fully saturated rings. The molecule has 0 rings (SSSR count). The second-order valence-corrected chi connectivity index (χ2v) is 20.1. The van der Waals surface area contributed by atoms with Gasteiger partial charge in [0.15, 0.2) is 0 Å². The van der Waals surface area contributed by atoms with Crippen LogP contribution in [0.5, 0.6) is 0 Å². The van der Waals surface area contributed by atoms with E-state index in [0.717, 1.165) is 136 Å². The van der Waals surface area contributed by atoms with E-state index < -0.39 is 0 Å². The Hall–Kier alpha value is -1.71. The summed E-state index contributed by atoms with van der Waals surface area (Å²) in [7, 11) is 4.52. The van der Waals surface area contributed by atoms with Crippen LogP contribution in [0.25, 0.3) is 0 Å². The molecule has 0 N–H and O–H groups in total. The smallest absolute Gasteiger partial charge is 0.306 e. The molecular weight excluding hydrogens is 823 g/mol. The minimum atomic E-state index is -0.0365. The van der Waals surface area contributed by atoms with E-state index in [1.807, 2.05) is 0 Å². The zero-order chi connectivity index (χ0) is 48.9. The van der Waals surface area contributed by atoms with Gasteiger partial charge in [-0.3, -0.25) is 14.4 Å². The van der Waals surface area contributed by atoms with Crippen LogP contribution in [0, 0.1) is 0 Å². The topological polar surface area (TPSA) is 88.6 Å². The van der Waals surface area contributed by atoms with Crippen LogP contribution in [0.15, 0.2) is 0 Å². The molecule has 0 aromatic carbocycles. The summed E-state index contributed by atoms with van der Waals surface area (Å²) in [5.41, 5.74) is 0. The lowest BCUT2D eigenvalue weighted by Crippen LogP contribution is -2.45. The number of rotatable bonds is 50. The molecule has 0 aliphatic heterocycles. The van der Waals surface area contributed by atoms with E-state index in [9.17, 15) is 14.4 Å². The van der Waals surface area contributed by atoms with E-state index in [1.54, 1.807) is 0 Å². The number of unbranched alkanes of at least 4 members (excludes halogenated alkanes) is 19. The van der Waals surface area contributed by atoms with Crippen molar-refractivity contribution in [1.82, 2.24) is 14.7 Å². The van der Waals surface area contributed by atoms with Crippen LogP contribution in [0.3, 0.4) is 0 Å². The van der Waals surface area contributed by atoms with Crippen molar-refractivity contribution in [3.63, 3.8) is 0 Å². The highest BCUT2D eigenvalue weighted by Crippen LogP contribution is 2.20. The molecule has 0 spiro atoms. The predicted molar refractivity (Wildman–Crippen MR) is 281 cm³/mol. The molecule has 9 heteroatoms. The summed E-state index contributed by atoms with van der Waals surface area (Å²) < 4.78 is 17.8. The van der Waals surface area contributed by atoms with Gasteiger partial charge in [0.2, 0.25) is 0 Å². The van der Waals surface area contributed by atoms with E-state index in [1.165, 1.54) is 109 Å². The maximum Gasteiger partial charge on any atom is 0.306 e. The Morgan fingerprint density at radius 1 is 0.379 bits per heavy atom. The monoisotopic (exact) mass is 936 g/mol. The molecule has 0 aromatic rings. The van der Waals surface area contributed by atoms with Gasteiger partial charge >= 0.3 is 17.9 Å². The average molecular weight is 937 g/mol. The number of hydrogen-bond acceptors (Lipinski definition) is 9. The van der Waals surface area contributed by atoms with Crippen LogP contribution in [-0.2, 0) is 28.6 Å². The van der Waals surface area contributed by atoms with E-state index in [4.69, 9.17) is 14.2 Å². The molecular formula is C57H113N3O6. The summed E-state index contributed by atoms with van der Waals surface area (Å²) in [6.45, 7) is 21.6. The lowest BCUT2D eigenvalue weighted by atomic mass is 10.0. The van der Waals surface area contributed by atoms with Gasteiger partial charge in [-0.05, 0) is 130 Å². The molecule has 4 unspecified atom stereocenters. The molecule has 0 saturated heterocycles. The minimum Gasteiger partial charge on any atom is -0.462 e. The zero-order valence-corrected chi connectivity index (χ0v) is 45.6. The van der Waals surface area contributed by atoms with Crippen molar-refractivity contribution in [3.05, 3.63) is 0 Å². The summed E-state index contributed by atoms with van der Waals surface area (Å²) in [5.74, 6) is -0.0562. The first kappa shape index (κ1) is 64.3. The van der Waals surface area contributed by atoms with Gasteiger partial charge in [0.1, 0.15) is 18.3 Å². The molecule has 0 amide bonds. The SMILES string of the molecule is CCCCCCC(CC)OC(=O)CCCCCCCCN(CCCCCCCCC(=O)OC(CC)CCCCCC)CC(CCC(CCCCCC)OC(=O)CCC)N(C)CCN(C)CC. The van der Waals surface area contributed by atoms with Crippen LogP contribution >= 0.6 is 0 Å². The van der Waals surface area contributed by atoms with Gasteiger partial charge < -0.3 is 28.9 Å². The molecule has 4 atom stereocenters. The number of hydrogen-bond donors (Lipinski definition) is 0. The minimum absolute atomic E-state index is 0.000436. The quantitative estimate of drug-likeness (QED) is 0.0336. The number of carbonyl (C=O) groups is 3. The fourth-order valence-corrected chi connectivity index (χ4v) is 9.00. The van der Waals surface area contributed by atoms with Crippen LogP contribution in [0.2, 0.25) is 0 Å². The highest BCUT2D eigenvalue weighted by molar-refractivity contribution is 5.70. The van der Waals surface area contributed by atoms with Crippen LogP contribution in [0.1, 0.15) is 273 Å². The van der Waals surface area contributed by atoms with Crippen molar-refractivity contribution in [3.8, 4) is 0 Å². The Balaban J connectivity index is 5.41. The summed E-state index contributed by atoms with van der Waals surface area (Å²) in [6, 6.07) is 0.394. The number of carbonyl (C=O) groups excluding carboxylic acids is 3. The second kappa shape index (κ2) is 47.0. The highest BCUT2D eigenvalue weighted by Gasteiger charge is 2.23. The third-order valence-corrected chi connectivity index (χ3v) is 13.9. The number of ether oxygens (including phenoxy) is 3. The van der Waals surface area contributed by atoms with E-state index in [0.29, 0.717) is 25.3 Å². The zero-order valence-electron chi connectivity index (χ0n) is 45.6. The lowest BCUT2D eigenvalue weighted by Gasteiger charge is -2.35. The first-order valence-corrected chi connectivity index (χ1v) is 28.8. The van der Waals surface area contributed by atoms with Gasteiger partial charge in [0.25, 0.3) is 0 Å². The maximum absolute atomic E-state index is 12.7. The molecule has 0 radical (unpaired) electrons. The van der Waals surface area contributed by atoms with Crippen LogP contribution < -0.4 is 0 Å². The Bertz CT molecular complexity index is 1040. The predicted octanol–water partition coefficient (Wildman–Crippen LogP) is 15.0. The van der Waals surface area contributed by atoms with E-state index in [2.05, 4.69) is 77.3 Å². The van der Waals surface area contributed by atoms with Gasteiger partial charge in [-0.2, -0.15) is 0 Å².